The topological polar surface area (TPSA) is 4.93 Å². The summed E-state index contributed by atoms with van der Waals surface area (Å²) < 4.78 is 6.54. The Labute approximate surface area is 170 Å². The molecule has 7 rings (SSSR count). The number of nitrogens with zero attached hydrogens (tertiary/aromatic N) is 1. The Balaban J connectivity index is 1.66. The van der Waals surface area contributed by atoms with E-state index in [1.807, 2.05) is 22.7 Å². The van der Waals surface area contributed by atoms with Crippen LogP contribution in [-0.2, 0) is 13.5 Å². The van der Waals surface area contributed by atoms with Crippen LogP contribution in [0, 0.1) is 0 Å². The second kappa shape index (κ2) is 5.25. The molecule has 3 heterocycles. The molecule has 6 aromatic rings. The van der Waals surface area contributed by atoms with E-state index >= 15 is 0 Å². The van der Waals surface area contributed by atoms with Crippen molar-refractivity contribution < 1.29 is 0 Å². The molecule has 1 nitrogen and oxygen atoms in total. The van der Waals surface area contributed by atoms with Crippen LogP contribution in [0.25, 0.3) is 58.1 Å². The van der Waals surface area contributed by atoms with Crippen molar-refractivity contribution in [3.05, 3.63) is 65.0 Å². The van der Waals surface area contributed by atoms with Gasteiger partial charge in [0.05, 0.1) is 11.0 Å². The van der Waals surface area contributed by atoms with Gasteiger partial charge in [0.1, 0.15) is 0 Å². The van der Waals surface area contributed by atoms with Gasteiger partial charge in [-0.3, -0.25) is 0 Å². The smallest absolute Gasteiger partial charge is 0.0503 e. The number of hydrogen-bond donors (Lipinski definition) is 0. The molecular formula is C25H17NS2. The first kappa shape index (κ1) is 15.3. The molecular weight excluding hydrogens is 378 g/mol. The van der Waals surface area contributed by atoms with E-state index in [1.54, 1.807) is 4.88 Å². The Hall–Kier alpha value is -2.62. The average Bonchev–Trinajstić information content (AvgIpc) is 3.35. The van der Waals surface area contributed by atoms with Crippen molar-refractivity contribution in [1.29, 1.82) is 0 Å². The van der Waals surface area contributed by atoms with E-state index in [-0.39, 0.29) is 0 Å². The van der Waals surface area contributed by atoms with Crippen molar-refractivity contribution in [2.45, 2.75) is 12.8 Å². The van der Waals surface area contributed by atoms with Gasteiger partial charge < -0.3 is 4.57 Å². The van der Waals surface area contributed by atoms with Gasteiger partial charge in [-0.2, -0.15) is 0 Å². The third-order valence-corrected chi connectivity index (χ3v) is 8.61. The van der Waals surface area contributed by atoms with Crippen LogP contribution in [0.3, 0.4) is 0 Å². The summed E-state index contributed by atoms with van der Waals surface area (Å²) in [5, 5.41) is 6.93. The first-order valence-corrected chi connectivity index (χ1v) is 11.4. The van der Waals surface area contributed by atoms with Crippen LogP contribution in [0.4, 0.5) is 0 Å². The molecule has 0 unspecified atom stereocenters. The van der Waals surface area contributed by atoms with Crippen molar-refractivity contribution in [2.24, 2.45) is 7.05 Å². The highest BCUT2D eigenvalue weighted by Gasteiger charge is 2.17. The number of benzene rings is 3. The quantitative estimate of drug-likeness (QED) is 0.246. The molecule has 0 atom stereocenters. The van der Waals surface area contributed by atoms with Gasteiger partial charge in [-0.15, -0.1) is 22.7 Å². The van der Waals surface area contributed by atoms with Crippen LogP contribution >= 0.6 is 22.7 Å². The molecule has 0 fully saturated rings. The third kappa shape index (κ3) is 1.86. The Morgan fingerprint density at radius 2 is 1.50 bits per heavy atom. The minimum absolute atomic E-state index is 1.17. The molecule has 0 spiro atoms. The summed E-state index contributed by atoms with van der Waals surface area (Å²) in [7, 11) is 2.21. The lowest BCUT2D eigenvalue weighted by Gasteiger charge is -2.03. The summed E-state index contributed by atoms with van der Waals surface area (Å²) in [6.45, 7) is 0. The van der Waals surface area contributed by atoms with Crippen molar-refractivity contribution >= 4 is 80.8 Å². The van der Waals surface area contributed by atoms with Gasteiger partial charge in [-0.05, 0) is 48.7 Å². The molecule has 28 heavy (non-hydrogen) atoms. The van der Waals surface area contributed by atoms with Gasteiger partial charge in [0.25, 0.3) is 0 Å². The molecule has 134 valence electrons. The fourth-order valence-corrected chi connectivity index (χ4v) is 7.21. The molecule has 3 aromatic carbocycles. The van der Waals surface area contributed by atoms with Crippen molar-refractivity contribution in [3.63, 3.8) is 0 Å². The molecule has 1 aliphatic carbocycles. The fourth-order valence-electron chi connectivity index (χ4n) is 4.86. The standard InChI is InChI=1S/C25H17NS2/c1-26-20-12-24-18(14-6-2-4-8-22(14)27-24)10-16(20)17-11-19-15-7-3-5-9-23(15)28-25(19)13-21(17)26/h2-4,6-8,10-13H,5,9H2,1H3. The Bertz CT molecular complexity index is 1620. The first-order chi connectivity index (χ1) is 13.8. The number of thiophene rings is 2. The SMILES string of the molecule is Cn1c2cc3sc4c(c3cc2c2cc3c(cc21)sc1ccccc13)C=CCC4. The van der Waals surface area contributed by atoms with Crippen LogP contribution in [-0.4, -0.2) is 4.57 Å². The van der Waals surface area contributed by atoms with E-state index in [9.17, 15) is 0 Å². The molecule has 0 amide bonds. The molecule has 0 aliphatic heterocycles. The van der Waals surface area contributed by atoms with Gasteiger partial charge in [0.15, 0.2) is 0 Å². The number of aromatic nitrogens is 1. The van der Waals surface area contributed by atoms with Gasteiger partial charge >= 0.3 is 0 Å². The number of rotatable bonds is 0. The van der Waals surface area contributed by atoms with Crippen LogP contribution in [0.15, 0.2) is 54.6 Å². The number of fused-ring (bicyclic) bond motifs is 9. The lowest BCUT2D eigenvalue weighted by molar-refractivity contribution is 1.02. The zero-order valence-electron chi connectivity index (χ0n) is 15.5. The maximum absolute atomic E-state index is 2.44. The molecule has 0 radical (unpaired) electrons. The lowest BCUT2D eigenvalue weighted by atomic mass is 10.0. The van der Waals surface area contributed by atoms with Crippen LogP contribution in [0.1, 0.15) is 16.9 Å². The third-order valence-electron chi connectivity index (χ3n) is 6.25. The monoisotopic (exact) mass is 395 g/mol. The maximum Gasteiger partial charge on any atom is 0.0503 e. The van der Waals surface area contributed by atoms with Gasteiger partial charge in [-0.1, -0.05) is 30.4 Å². The van der Waals surface area contributed by atoms with Gasteiger partial charge in [-0.25, -0.2) is 0 Å². The molecule has 3 heteroatoms. The molecule has 1 aliphatic rings. The predicted octanol–water partition coefficient (Wildman–Crippen LogP) is 7.87. The van der Waals surface area contributed by atoms with E-state index in [0.717, 1.165) is 0 Å². The summed E-state index contributed by atoms with van der Waals surface area (Å²) in [5.41, 5.74) is 4.12. The van der Waals surface area contributed by atoms with E-state index in [1.165, 1.54) is 70.5 Å². The minimum Gasteiger partial charge on any atom is -0.344 e. The van der Waals surface area contributed by atoms with Gasteiger partial charge in [0, 0.05) is 53.0 Å². The van der Waals surface area contributed by atoms with Crippen molar-refractivity contribution in [3.8, 4) is 0 Å². The molecule has 0 bridgehead atoms. The summed E-state index contributed by atoms with van der Waals surface area (Å²) in [6.07, 6.45) is 7.01. The van der Waals surface area contributed by atoms with E-state index in [2.05, 4.69) is 72.3 Å². The Kier molecular flexibility index (Phi) is 2.87. The Morgan fingerprint density at radius 3 is 2.36 bits per heavy atom. The van der Waals surface area contributed by atoms with Crippen molar-refractivity contribution in [1.82, 2.24) is 4.57 Å². The zero-order valence-corrected chi connectivity index (χ0v) is 17.1. The summed E-state index contributed by atoms with van der Waals surface area (Å²) in [4.78, 5) is 1.54. The van der Waals surface area contributed by atoms with Crippen LogP contribution < -0.4 is 0 Å². The maximum atomic E-state index is 2.44. The highest BCUT2D eigenvalue weighted by Crippen LogP contribution is 2.42. The summed E-state index contributed by atoms with van der Waals surface area (Å²) in [5.74, 6) is 0. The van der Waals surface area contributed by atoms with E-state index < -0.39 is 0 Å². The summed E-state index contributed by atoms with van der Waals surface area (Å²) >= 11 is 3.88. The van der Waals surface area contributed by atoms with Gasteiger partial charge in [0.2, 0.25) is 0 Å². The van der Waals surface area contributed by atoms with Crippen molar-refractivity contribution in [2.75, 3.05) is 0 Å². The summed E-state index contributed by atoms with van der Waals surface area (Å²) in [6, 6.07) is 18.4. The largest absolute Gasteiger partial charge is 0.344 e. The van der Waals surface area contributed by atoms with Crippen LogP contribution in [0.5, 0.6) is 0 Å². The molecule has 3 aromatic heterocycles. The Morgan fingerprint density at radius 1 is 0.750 bits per heavy atom. The normalized spacial score (nSPS) is 14.2. The highest BCUT2D eigenvalue weighted by molar-refractivity contribution is 7.25. The molecule has 0 saturated heterocycles. The van der Waals surface area contributed by atoms with E-state index in [4.69, 9.17) is 0 Å². The lowest BCUT2D eigenvalue weighted by Crippen LogP contribution is -1.87. The molecule has 0 N–H and O–H groups in total. The van der Waals surface area contributed by atoms with E-state index in [0.29, 0.717) is 0 Å². The second-order valence-corrected chi connectivity index (χ2v) is 9.99. The highest BCUT2D eigenvalue weighted by atomic mass is 32.1. The molecule has 0 saturated carbocycles. The van der Waals surface area contributed by atoms with Crippen LogP contribution in [0.2, 0.25) is 0 Å². The number of aryl methyl sites for hydroxylation is 2. The second-order valence-electron chi connectivity index (χ2n) is 7.77. The number of hydrogen-bond acceptors (Lipinski definition) is 2. The number of allylic oxidation sites excluding steroid dienone is 1. The first-order valence-electron chi connectivity index (χ1n) is 9.73. The average molecular weight is 396 g/mol. The predicted molar refractivity (Wildman–Crippen MR) is 126 cm³/mol. The fraction of sp³-hybridized carbons (Fsp3) is 0.120. The zero-order chi connectivity index (χ0) is 18.4. The minimum atomic E-state index is 1.17.